The van der Waals surface area contributed by atoms with Gasteiger partial charge >= 0.3 is 0 Å². The van der Waals surface area contributed by atoms with E-state index in [9.17, 15) is 14.3 Å². The Kier molecular flexibility index (Phi) is 5.43. The van der Waals surface area contributed by atoms with Gasteiger partial charge in [0.15, 0.2) is 11.4 Å². The first kappa shape index (κ1) is 21.2. The monoisotopic (exact) mass is 455 g/mol. The number of pyridine rings is 2. The molecule has 0 bridgehead atoms. The van der Waals surface area contributed by atoms with Crippen LogP contribution < -0.4 is 5.73 Å². The number of nitrogens with zero attached hydrogens (tertiary/aromatic N) is 4. The molecule has 0 saturated carbocycles. The van der Waals surface area contributed by atoms with Gasteiger partial charge in [-0.05, 0) is 47.5 Å². The van der Waals surface area contributed by atoms with Crippen LogP contribution in [-0.4, -0.2) is 31.2 Å². The summed E-state index contributed by atoms with van der Waals surface area (Å²) in [5.74, 6) is -0.649. The number of rotatable bonds is 6. The lowest BCUT2D eigenvalue weighted by atomic mass is 10.0. The second-order valence-corrected chi connectivity index (χ2v) is 7.70. The Bertz CT molecular complexity index is 1500. The minimum atomic E-state index is -0.501. The number of amides is 1. The van der Waals surface area contributed by atoms with Crippen LogP contribution in [0.3, 0.4) is 0 Å². The van der Waals surface area contributed by atoms with E-state index < -0.39 is 5.91 Å². The molecular weight excluding hydrogens is 437 g/mol. The van der Waals surface area contributed by atoms with Gasteiger partial charge in [0.2, 0.25) is 11.8 Å². The molecule has 5 aromatic rings. The van der Waals surface area contributed by atoms with Crippen LogP contribution >= 0.6 is 0 Å². The highest BCUT2D eigenvalue weighted by atomic mass is 19.1. The quantitative estimate of drug-likeness (QED) is 0.398. The van der Waals surface area contributed by atoms with Crippen molar-refractivity contribution in [2.45, 2.75) is 12.8 Å². The number of hydrogen-bond acceptors (Lipinski definition) is 7. The van der Waals surface area contributed by atoms with Gasteiger partial charge in [0.25, 0.3) is 5.89 Å². The van der Waals surface area contributed by atoms with Crippen molar-refractivity contribution in [2.24, 2.45) is 5.73 Å². The van der Waals surface area contributed by atoms with Crippen LogP contribution in [0.1, 0.15) is 33.1 Å². The molecule has 168 valence electrons. The zero-order valence-electron chi connectivity index (χ0n) is 17.8. The number of halogens is 1. The van der Waals surface area contributed by atoms with Crippen molar-refractivity contribution < 1.29 is 18.7 Å². The smallest absolute Gasteiger partial charge is 0.270 e. The Morgan fingerprint density at radius 2 is 1.68 bits per heavy atom. The van der Waals surface area contributed by atoms with Crippen LogP contribution in [0.2, 0.25) is 0 Å². The van der Waals surface area contributed by atoms with Crippen molar-refractivity contribution >= 4 is 16.8 Å². The van der Waals surface area contributed by atoms with Crippen LogP contribution in [0.5, 0.6) is 5.75 Å². The van der Waals surface area contributed by atoms with Gasteiger partial charge in [-0.15, -0.1) is 10.2 Å². The lowest BCUT2D eigenvalue weighted by Crippen LogP contribution is -2.10. The SMILES string of the molecule is NC(=O)c1ccc(Cc2nc(-c3nnc(Cc4ccc(F)cc4)o3)c(O)c3ncccc23)cc1. The predicted molar refractivity (Wildman–Crippen MR) is 121 cm³/mol. The molecule has 0 spiro atoms. The Morgan fingerprint density at radius 3 is 2.41 bits per heavy atom. The molecule has 8 nitrogen and oxygen atoms in total. The Hall–Kier alpha value is -4.66. The largest absolute Gasteiger partial charge is 0.504 e. The second-order valence-electron chi connectivity index (χ2n) is 7.70. The molecule has 9 heteroatoms. The second kappa shape index (κ2) is 8.70. The molecule has 3 heterocycles. The molecular formula is C25H18FN5O3. The van der Waals surface area contributed by atoms with E-state index in [1.54, 1.807) is 48.7 Å². The zero-order valence-corrected chi connectivity index (χ0v) is 17.8. The summed E-state index contributed by atoms with van der Waals surface area (Å²) in [5, 5.41) is 19.6. The normalized spacial score (nSPS) is 11.1. The first-order chi connectivity index (χ1) is 16.5. The first-order valence-corrected chi connectivity index (χ1v) is 10.4. The number of aromatic nitrogens is 4. The van der Waals surface area contributed by atoms with E-state index >= 15 is 0 Å². The molecule has 1 amide bonds. The molecule has 3 N–H and O–H groups in total. The van der Waals surface area contributed by atoms with Gasteiger partial charge in [0.05, 0.1) is 12.1 Å². The standard InChI is InChI=1S/C25H18FN5O3/c26-17-9-5-15(6-10-17)13-20-30-31-25(34-20)22-23(32)21-18(2-1-11-28-21)19(29-22)12-14-3-7-16(8-4-14)24(27)33/h1-11,32H,12-13H2,(H2,27,33). The highest BCUT2D eigenvalue weighted by molar-refractivity contribution is 5.93. The third kappa shape index (κ3) is 4.18. The minimum Gasteiger partial charge on any atom is -0.504 e. The molecule has 0 aliphatic carbocycles. The number of primary amides is 1. The van der Waals surface area contributed by atoms with Crippen LogP contribution in [0.25, 0.3) is 22.5 Å². The van der Waals surface area contributed by atoms with Crippen LogP contribution in [-0.2, 0) is 12.8 Å². The summed E-state index contributed by atoms with van der Waals surface area (Å²) in [4.78, 5) is 20.3. The van der Waals surface area contributed by atoms with Gasteiger partial charge in [0.1, 0.15) is 11.3 Å². The van der Waals surface area contributed by atoms with E-state index in [1.807, 2.05) is 6.07 Å². The number of aromatic hydroxyl groups is 1. The van der Waals surface area contributed by atoms with E-state index in [0.29, 0.717) is 40.9 Å². The Balaban J connectivity index is 1.52. The third-order valence-corrected chi connectivity index (χ3v) is 5.36. The number of carbonyl (C=O) groups excluding carboxylic acids is 1. The van der Waals surface area contributed by atoms with Crippen molar-refractivity contribution in [3.63, 3.8) is 0 Å². The molecule has 34 heavy (non-hydrogen) atoms. The van der Waals surface area contributed by atoms with Crippen molar-refractivity contribution in [3.8, 4) is 17.3 Å². The van der Waals surface area contributed by atoms with Gasteiger partial charge in [-0.25, -0.2) is 9.37 Å². The molecule has 3 aromatic heterocycles. The molecule has 0 fully saturated rings. The van der Waals surface area contributed by atoms with Gasteiger partial charge in [0, 0.05) is 23.6 Å². The number of nitrogens with two attached hydrogens (primary N) is 1. The van der Waals surface area contributed by atoms with Gasteiger partial charge in [-0.2, -0.15) is 0 Å². The van der Waals surface area contributed by atoms with Gasteiger partial charge < -0.3 is 15.3 Å². The molecule has 0 aliphatic rings. The summed E-state index contributed by atoms with van der Waals surface area (Å²) in [5.41, 5.74) is 8.54. The van der Waals surface area contributed by atoms with Crippen molar-refractivity contribution in [3.05, 3.63) is 101 Å². The maximum Gasteiger partial charge on any atom is 0.270 e. The summed E-state index contributed by atoms with van der Waals surface area (Å²) >= 11 is 0. The van der Waals surface area contributed by atoms with E-state index in [0.717, 1.165) is 11.1 Å². The highest BCUT2D eigenvalue weighted by Crippen LogP contribution is 2.34. The summed E-state index contributed by atoms with van der Waals surface area (Å²) in [7, 11) is 0. The maximum absolute atomic E-state index is 13.2. The molecule has 0 radical (unpaired) electrons. The van der Waals surface area contributed by atoms with Crippen molar-refractivity contribution in [2.75, 3.05) is 0 Å². The number of carbonyl (C=O) groups is 1. The highest BCUT2D eigenvalue weighted by Gasteiger charge is 2.21. The van der Waals surface area contributed by atoms with E-state index in [4.69, 9.17) is 10.2 Å². The topological polar surface area (TPSA) is 128 Å². The Morgan fingerprint density at radius 1 is 0.971 bits per heavy atom. The lowest BCUT2D eigenvalue weighted by molar-refractivity contribution is 0.100. The number of hydrogen-bond donors (Lipinski definition) is 2. The summed E-state index contributed by atoms with van der Waals surface area (Å²) < 4.78 is 18.9. The molecule has 0 aliphatic heterocycles. The maximum atomic E-state index is 13.2. The fraction of sp³-hybridized carbons (Fsp3) is 0.0800. The molecule has 0 saturated heterocycles. The molecule has 2 aromatic carbocycles. The average molecular weight is 455 g/mol. The molecule has 0 unspecified atom stereocenters. The van der Waals surface area contributed by atoms with E-state index in [-0.39, 0.29) is 23.2 Å². The summed E-state index contributed by atoms with van der Waals surface area (Å²) in [6.07, 6.45) is 2.29. The fourth-order valence-electron chi connectivity index (χ4n) is 3.65. The van der Waals surface area contributed by atoms with Crippen LogP contribution in [0.4, 0.5) is 4.39 Å². The average Bonchev–Trinajstić information content (AvgIpc) is 3.31. The van der Waals surface area contributed by atoms with Crippen LogP contribution in [0.15, 0.2) is 71.3 Å². The lowest BCUT2D eigenvalue weighted by Gasteiger charge is -2.10. The van der Waals surface area contributed by atoms with Gasteiger partial charge in [-0.3, -0.25) is 9.78 Å². The number of fused-ring (bicyclic) bond motifs is 1. The first-order valence-electron chi connectivity index (χ1n) is 10.4. The molecule has 0 atom stereocenters. The minimum absolute atomic E-state index is 0.0486. The van der Waals surface area contributed by atoms with Crippen molar-refractivity contribution in [1.82, 2.24) is 20.2 Å². The fourth-order valence-corrected chi connectivity index (χ4v) is 3.65. The van der Waals surface area contributed by atoms with Gasteiger partial charge in [-0.1, -0.05) is 24.3 Å². The Labute approximate surface area is 192 Å². The van der Waals surface area contributed by atoms with Crippen LogP contribution in [0, 0.1) is 5.82 Å². The summed E-state index contributed by atoms with van der Waals surface area (Å²) in [6.45, 7) is 0. The zero-order chi connectivity index (χ0) is 23.7. The van der Waals surface area contributed by atoms with E-state index in [2.05, 4.69) is 20.2 Å². The third-order valence-electron chi connectivity index (χ3n) is 5.36. The molecule has 5 rings (SSSR count). The van der Waals surface area contributed by atoms with E-state index in [1.165, 1.54) is 12.1 Å². The number of benzene rings is 2. The summed E-state index contributed by atoms with van der Waals surface area (Å²) in [6, 6.07) is 16.5. The predicted octanol–water partition coefficient (Wildman–Crippen LogP) is 3.81. The van der Waals surface area contributed by atoms with Crippen molar-refractivity contribution in [1.29, 1.82) is 0 Å².